The normalized spacial score (nSPS) is 11.0. The molecule has 0 radical (unpaired) electrons. The summed E-state index contributed by atoms with van der Waals surface area (Å²) in [5.74, 6) is 1.14. The molecule has 2 aromatic carbocycles. The first-order chi connectivity index (χ1) is 9.40. The minimum Gasteiger partial charge on any atom is -0.340 e. The monoisotopic (exact) mass is 267 g/mol. The molecule has 0 aliphatic heterocycles. The Hall–Kier alpha value is -1.67. The Bertz CT molecular complexity index is 670. The van der Waals surface area contributed by atoms with Gasteiger partial charge in [-0.3, -0.25) is 0 Å². The number of para-hydroxylation sites is 1. The summed E-state index contributed by atoms with van der Waals surface area (Å²) in [6, 6.07) is 21.6. The van der Waals surface area contributed by atoms with Crippen LogP contribution >= 0.6 is 11.8 Å². The van der Waals surface area contributed by atoms with E-state index in [0.29, 0.717) is 0 Å². The molecule has 0 saturated heterocycles. The second-order valence-corrected chi connectivity index (χ2v) is 5.58. The van der Waals surface area contributed by atoms with Gasteiger partial charge in [-0.05, 0) is 24.0 Å². The predicted octanol–water partition coefficient (Wildman–Crippen LogP) is 4.67. The molecular formula is C17H17NS. The van der Waals surface area contributed by atoms with Crippen molar-refractivity contribution in [3.05, 3.63) is 60.7 Å². The number of hydrogen-bond donors (Lipinski definition) is 0. The van der Waals surface area contributed by atoms with Crippen LogP contribution in [0.5, 0.6) is 0 Å². The molecule has 3 aromatic rings. The zero-order valence-electron chi connectivity index (χ0n) is 11.0. The SMILES string of the molecule is CSCCn1c(-c2ccccc2)cc2ccccc21. The van der Waals surface area contributed by atoms with Crippen molar-refractivity contribution < 1.29 is 0 Å². The van der Waals surface area contributed by atoms with Crippen LogP contribution in [-0.2, 0) is 6.54 Å². The third-order valence-electron chi connectivity index (χ3n) is 3.40. The molecule has 3 rings (SSSR count). The molecule has 0 saturated carbocycles. The second-order valence-electron chi connectivity index (χ2n) is 4.60. The van der Waals surface area contributed by atoms with Crippen LogP contribution in [0.25, 0.3) is 22.2 Å². The lowest BCUT2D eigenvalue weighted by atomic mass is 10.1. The molecule has 0 atom stereocenters. The second kappa shape index (κ2) is 5.54. The van der Waals surface area contributed by atoms with Gasteiger partial charge in [-0.1, -0.05) is 48.5 Å². The summed E-state index contributed by atoms with van der Waals surface area (Å²) in [6.45, 7) is 1.05. The van der Waals surface area contributed by atoms with E-state index in [1.54, 1.807) is 0 Å². The molecular weight excluding hydrogens is 250 g/mol. The first-order valence-corrected chi connectivity index (χ1v) is 7.92. The number of nitrogens with zero attached hydrogens (tertiary/aromatic N) is 1. The molecule has 19 heavy (non-hydrogen) atoms. The fourth-order valence-electron chi connectivity index (χ4n) is 2.48. The lowest BCUT2D eigenvalue weighted by Gasteiger charge is -2.10. The molecule has 0 fully saturated rings. The average Bonchev–Trinajstić information content (AvgIpc) is 2.85. The molecule has 0 bridgehead atoms. The standard InChI is InChI=1S/C17H17NS/c1-19-12-11-18-16-10-6-5-9-15(16)13-17(18)14-7-3-2-4-8-14/h2-10,13H,11-12H2,1H3. The van der Waals surface area contributed by atoms with Gasteiger partial charge in [-0.25, -0.2) is 0 Å². The summed E-state index contributed by atoms with van der Waals surface area (Å²) in [5, 5.41) is 1.32. The Morgan fingerprint density at radius 2 is 1.68 bits per heavy atom. The fraction of sp³-hybridized carbons (Fsp3) is 0.176. The van der Waals surface area contributed by atoms with E-state index < -0.39 is 0 Å². The summed E-state index contributed by atoms with van der Waals surface area (Å²) in [6.07, 6.45) is 2.16. The van der Waals surface area contributed by atoms with E-state index in [1.807, 2.05) is 11.8 Å². The summed E-state index contributed by atoms with van der Waals surface area (Å²) in [5.41, 5.74) is 3.94. The predicted molar refractivity (Wildman–Crippen MR) is 85.8 cm³/mol. The molecule has 1 heterocycles. The lowest BCUT2D eigenvalue weighted by Crippen LogP contribution is -2.01. The molecule has 1 nitrogen and oxygen atoms in total. The Labute approximate surface area is 118 Å². The fourth-order valence-corrected chi connectivity index (χ4v) is 2.85. The highest BCUT2D eigenvalue weighted by atomic mass is 32.2. The molecule has 0 aliphatic rings. The zero-order valence-corrected chi connectivity index (χ0v) is 11.9. The van der Waals surface area contributed by atoms with Crippen molar-refractivity contribution in [3.8, 4) is 11.3 Å². The van der Waals surface area contributed by atoms with Crippen LogP contribution < -0.4 is 0 Å². The quantitative estimate of drug-likeness (QED) is 0.665. The molecule has 0 amide bonds. The highest BCUT2D eigenvalue weighted by Gasteiger charge is 2.09. The van der Waals surface area contributed by atoms with Gasteiger partial charge in [0, 0.05) is 28.9 Å². The van der Waals surface area contributed by atoms with Gasteiger partial charge in [-0.2, -0.15) is 11.8 Å². The zero-order chi connectivity index (χ0) is 13.1. The lowest BCUT2D eigenvalue weighted by molar-refractivity contribution is 0.816. The molecule has 1 aromatic heterocycles. The average molecular weight is 267 g/mol. The number of rotatable bonds is 4. The van der Waals surface area contributed by atoms with Gasteiger partial charge >= 0.3 is 0 Å². The minimum atomic E-state index is 1.05. The molecule has 96 valence electrons. The van der Waals surface area contributed by atoms with E-state index in [2.05, 4.69) is 71.5 Å². The first-order valence-electron chi connectivity index (χ1n) is 6.53. The van der Waals surface area contributed by atoms with Gasteiger partial charge in [0.2, 0.25) is 0 Å². The summed E-state index contributed by atoms with van der Waals surface area (Å²) >= 11 is 1.89. The largest absolute Gasteiger partial charge is 0.340 e. The Morgan fingerprint density at radius 1 is 0.947 bits per heavy atom. The highest BCUT2D eigenvalue weighted by Crippen LogP contribution is 2.28. The molecule has 0 N–H and O–H groups in total. The van der Waals surface area contributed by atoms with Crippen molar-refractivity contribution in [2.45, 2.75) is 6.54 Å². The molecule has 2 heteroatoms. The van der Waals surface area contributed by atoms with Gasteiger partial charge in [0.25, 0.3) is 0 Å². The maximum absolute atomic E-state index is 2.43. The minimum absolute atomic E-state index is 1.05. The Balaban J connectivity index is 2.17. The first kappa shape index (κ1) is 12.4. The van der Waals surface area contributed by atoms with Crippen LogP contribution in [0, 0.1) is 0 Å². The van der Waals surface area contributed by atoms with E-state index >= 15 is 0 Å². The van der Waals surface area contributed by atoms with E-state index in [-0.39, 0.29) is 0 Å². The molecule has 0 unspecified atom stereocenters. The number of fused-ring (bicyclic) bond motifs is 1. The van der Waals surface area contributed by atoms with Crippen LogP contribution in [0.4, 0.5) is 0 Å². The summed E-state index contributed by atoms with van der Waals surface area (Å²) in [4.78, 5) is 0. The van der Waals surface area contributed by atoms with E-state index in [9.17, 15) is 0 Å². The number of aryl methyl sites for hydroxylation is 1. The van der Waals surface area contributed by atoms with Crippen molar-refractivity contribution in [1.29, 1.82) is 0 Å². The van der Waals surface area contributed by atoms with Crippen LogP contribution in [0.2, 0.25) is 0 Å². The number of aromatic nitrogens is 1. The van der Waals surface area contributed by atoms with E-state index in [1.165, 1.54) is 22.2 Å². The topological polar surface area (TPSA) is 4.93 Å². The molecule has 0 aliphatic carbocycles. The summed E-state index contributed by atoms with van der Waals surface area (Å²) in [7, 11) is 0. The summed E-state index contributed by atoms with van der Waals surface area (Å²) < 4.78 is 2.43. The van der Waals surface area contributed by atoms with Crippen molar-refractivity contribution in [2.75, 3.05) is 12.0 Å². The van der Waals surface area contributed by atoms with Crippen molar-refractivity contribution in [2.24, 2.45) is 0 Å². The number of hydrogen-bond acceptors (Lipinski definition) is 1. The van der Waals surface area contributed by atoms with Gasteiger partial charge < -0.3 is 4.57 Å². The van der Waals surface area contributed by atoms with Crippen LogP contribution in [0.1, 0.15) is 0 Å². The Morgan fingerprint density at radius 3 is 2.47 bits per heavy atom. The number of thioether (sulfide) groups is 1. The van der Waals surface area contributed by atoms with Crippen LogP contribution in [0.3, 0.4) is 0 Å². The maximum atomic E-state index is 2.43. The number of benzene rings is 2. The van der Waals surface area contributed by atoms with Gasteiger partial charge in [0.15, 0.2) is 0 Å². The van der Waals surface area contributed by atoms with Crippen molar-refractivity contribution in [1.82, 2.24) is 4.57 Å². The van der Waals surface area contributed by atoms with Crippen LogP contribution in [-0.4, -0.2) is 16.6 Å². The van der Waals surface area contributed by atoms with Gasteiger partial charge in [-0.15, -0.1) is 0 Å². The van der Waals surface area contributed by atoms with E-state index in [0.717, 1.165) is 12.3 Å². The van der Waals surface area contributed by atoms with Gasteiger partial charge in [0.1, 0.15) is 0 Å². The highest BCUT2D eigenvalue weighted by molar-refractivity contribution is 7.98. The van der Waals surface area contributed by atoms with E-state index in [4.69, 9.17) is 0 Å². The third kappa shape index (κ3) is 2.41. The Kier molecular flexibility index (Phi) is 3.60. The third-order valence-corrected chi connectivity index (χ3v) is 3.99. The van der Waals surface area contributed by atoms with Crippen molar-refractivity contribution in [3.63, 3.8) is 0 Å². The van der Waals surface area contributed by atoms with Crippen LogP contribution in [0.15, 0.2) is 60.7 Å². The van der Waals surface area contributed by atoms with Crippen molar-refractivity contribution >= 4 is 22.7 Å². The van der Waals surface area contributed by atoms with Gasteiger partial charge in [0.05, 0.1) is 0 Å². The molecule has 0 spiro atoms. The smallest absolute Gasteiger partial charge is 0.0491 e. The maximum Gasteiger partial charge on any atom is 0.0491 e.